The van der Waals surface area contributed by atoms with E-state index in [4.69, 9.17) is 0 Å². The minimum absolute atomic E-state index is 0.816. The van der Waals surface area contributed by atoms with Crippen molar-refractivity contribution in [1.82, 2.24) is 0 Å². The molecule has 24 heavy (non-hydrogen) atoms. The normalized spacial score (nSPS) is 25.4. The molecule has 0 N–H and O–H groups in total. The maximum absolute atomic E-state index is 9.75. The molecule has 3 aliphatic carbocycles. The van der Waals surface area contributed by atoms with E-state index in [1.807, 2.05) is 0 Å². The smallest absolute Gasteiger partial charge is 0.418 e. The summed E-state index contributed by atoms with van der Waals surface area (Å²) in [6.45, 7) is 0. The maximum Gasteiger partial charge on any atom is 0.673 e. The van der Waals surface area contributed by atoms with Crippen LogP contribution in [0.3, 0.4) is 0 Å². The zero-order chi connectivity index (χ0) is 17.4. The zero-order valence-electron chi connectivity index (χ0n) is 14.8. The second kappa shape index (κ2) is 10.3. The molecule has 0 nitrogen and oxygen atoms in total. The van der Waals surface area contributed by atoms with Crippen molar-refractivity contribution in [3.05, 3.63) is 0 Å². The minimum atomic E-state index is -6.00. The lowest BCUT2D eigenvalue weighted by Gasteiger charge is -2.36. The van der Waals surface area contributed by atoms with Crippen LogP contribution >= 0.6 is 0 Å². The van der Waals surface area contributed by atoms with Crippen LogP contribution < -0.4 is 0 Å². The van der Waals surface area contributed by atoms with E-state index < -0.39 is 7.25 Å². The summed E-state index contributed by atoms with van der Waals surface area (Å²) in [4.78, 5) is 0. The van der Waals surface area contributed by atoms with Gasteiger partial charge in [-0.05, 0) is 87.9 Å². The van der Waals surface area contributed by atoms with Crippen LogP contribution in [0.1, 0.15) is 96.3 Å². The Morgan fingerprint density at radius 1 is 0.458 bits per heavy atom. The molecule has 3 saturated carbocycles. The van der Waals surface area contributed by atoms with Crippen molar-refractivity contribution in [2.75, 3.05) is 0 Å². The Morgan fingerprint density at radius 2 is 0.667 bits per heavy atom. The lowest BCUT2D eigenvalue weighted by molar-refractivity contribution is 0.368. The molecule has 6 heteroatoms. The van der Waals surface area contributed by atoms with E-state index in [1.165, 1.54) is 19.3 Å². The number of halogens is 4. The first-order valence-corrected chi connectivity index (χ1v) is 11.4. The van der Waals surface area contributed by atoms with Gasteiger partial charge in [0.2, 0.25) is 0 Å². The predicted molar refractivity (Wildman–Crippen MR) is 98.2 cm³/mol. The summed E-state index contributed by atoms with van der Waals surface area (Å²) in [6, 6.07) is 0. The van der Waals surface area contributed by atoms with Crippen LogP contribution in [-0.2, 0) is 10.9 Å². The number of hydrogen-bond donors (Lipinski definition) is 0. The molecule has 0 aromatic rings. The van der Waals surface area contributed by atoms with Crippen LogP contribution in [0.5, 0.6) is 0 Å². The molecule has 0 unspecified atom stereocenters. The van der Waals surface area contributed by atoms with Gasteiger partial charge in [0.25, 0.3) is 0 Å². The third kappa shape index (κ3) is 7.57. The summed E-state index contributed by atoms with van der Waals surface area (Å²) in [6.07, 6.45) is 23.4. The number of rotatable bonds is 3. The standard InChI is InChI=1S/C18H33S.BF4/c1-4-10-16(11-5-1)19(17-12-6-2-7-13-17)18-14-8-3-9-15-18;2-1(3,4)5/h16-18H,1-15H2;/q+1;-1. The molecule has 0 radical (unpaired) electrons. The molecule has 3 aliphatic rings. The van der Waals surface area contributed by atoms with Crippen molar-refractivity contribution in [1.29, 1.82) is 0 Å². The third-order valence-electron chi connectivity index (χ3n) is 5.81. The fourth-order valence-corrected chi connectivity index (χ4v) is 9.09. The molecule has 0 aromatic heterocycles. The van der Waals surface area contributed by atoms with E-state index in [9.17, 15) is 17.3 Å². The molecule has 3 rings (SSSR count). The van der Waals surface area contributed by atoms with Crippen LogP contribution in [0, 0.1) is 0 Å². The highest BCUT2D eigenvalue weighted by molar-refractivity contribution is 7.98. The Labute approximate surface area is 148 Å². The van der Waals surface area contributed by atoms with Crippen LogP contribution in [-0.4, -0.2) is 23.0 Å². The first-order valence-electron chi connectivity index (χ1n) is 10.0. The zero-order valence-corrected chi connectivity index (χ0v) is 15.7. The SMILES string of the molecule is C1CCC([S+](C2CCCCC2)C2CCCCC2)CC1.F[B-](F)(F)F. The lowest BCUT2D eigenvalue weighted by Crippen LogP contribution is -2.43. The van der Waals surface area contributed by atoms with Crippen molar-refractivity contribution in [3.8, 4) is 0 Å². The summed E-state index contributed by atoms with van der Waals surface area (Å²) < 4.78 is 39.0. The van der Waals surface area contributed by atoms with Gasteiger partial charge in [-0.25, -0.2) is 0 Å². The molecule has 0 heterocycles. The molecule has 0 aromatic carbocycles. The highest BCUT2D eigenvalue weighted by atomic mass is 32.2. The van der Waals surface area contributed by atoms with Gasteiger partial charge in [-0.2, -0.15) is 0 Å². The third-order valence-corrected chi connectivity index (χ3v) is 9.53. The van der Waals surface area contributed by atoms with E-state index in [0.717, 1.165) is 26.6 Å². The van der Waals surface area contributed by atoms with Gasteiger partial charge in [-0.3, -0.25) is 0 Å². The van der Waals surface area contributed by atoms with E-state index in [2.05, 4.69) is 0 Å². The average Bonchev–Trinajstić information content (AvgIpc) is 2.57. The molecule has 0 atom stereocenters. The van der Waals surface area contributed by atoms with E-state index in [0.29, 0.717) is 0 Å². The molecule has 0 bridgehead atoms. The highest BCUT2D eigenvalue weighted by Crippen LogP contribution is 2.40. The molecule has 0 amide bonds. The first-order chi connectivity index (χ1) is 11.4. The van der Waals surface area contributed by atoms with Crippen LogP contribution in [0.4, 0.5) is 17.3 Å². The van der Waals surface area contributed by atoms with Crippen molar-refractivity contribution in [2.24, 2.45) is 0 Å². The van der Waals surface area contributed by atoms with Crippen molar-refractivity contribution in [2.45, 2.75) is 112 Å². The quantitative estimate of drug-likeness (QED) is 0.289. The fraction of sp³-hybridized carbons (Fsp3) is 1.00. The second-order valence-electron chi connectivity index (χ2n) is 7.68. The van der Waals surface area contributed by atoms with Crippen LogP contribution in [0.25, 0.3) is 0 Å². The summed E-state index contributed by atoms with van der Waals surface area (Å²) in [5, 5.41) is 3.46. The van der Waals surface area contributed by atoms with Gasteiger partial charge in [-0.1, -0.05) is 19.3 Å². The molecule has 0 spiro atoms. The van der Waals surface area contributed by atoms with Crippen molar-refractivity contribution >= 4 is 18.1 Å². The average molecular weight is 368 g/mol. The van der Waals surface area contributed by atoms with E-state index in [-0.39, 0.29) is 0 Å². The molecule has 142 valence electrons. The van der Waals surface area contributed by atoms with Gasteiger partial charge in [0, 0.05) is 0 Å². The van der Waals surface area contributed by atoms with Crippen LogP contribution in [0.2, 0.25) is 0 Å². The van der Waals surface area contributed by atoms with Gasteiger partial charge < -0.3 is 17.3 Å². The van der Waals surface area contributed by atoms with Gasteiger partial charge in [-0.15, -0.1) is 0 Å². The van der Waals surface area contributed by atoms with Gasteiger partial charge in [0.1, 0.15) is 15.7 Å². The molecular weight excluding hydrogens is 335 g/mol. The van der Waals surface area contributed by atoms with Crippen molar-refractivity contribution in [3.63, 3.8) is 0 Å². The largest absolute Gasteiger partial charge is 0.673 e. The molecule has 0 saturated heterocycles. The maximum atomic E-state index is 9.75. The highest BCUT2D eigenvalue weighted by Gasteiger charge is 2.45. The van der Waals surface area contributed by atoms with Gasteiger partial charge >= 0.3 is 7.25 Å². The Bertz CT molecular complexity index is 284. The van der Waals surface area contributed by atoms with Gasteiger partial charge in [0.05, 0.1) is 0 Å². The first kappa shape index (κ1) is 20.4. The summed E-state index contributed by atoms with van der Waals surface area (Å²) in [7, 11) is -5.18. The lowest BCUT2D eigenvalue weighted by atomic mass is 9.99. The van der Waals surface area contributed by atoms with E-state index in [1.54, 1.807) is 77.0 Å². The Balaban J connectivity index is 0.000000368. The second-order valence-corrected chi connectivity index (χ2v) is 10.5. The minimum Gasteiger partial charge on any atom is -0.418 e. The summed E-state index contributed by atoms with van der Waals surface area (Å²) in [5.41, 5.74) is 0. The van der Waals surface area contributed by atoms with Gasteiger partial charge in [0.15, 0.2) is 0 Å². The predicted octanol–water partition coefficient (Wildman–Crippen LogP) is 6.90. The Kier molecular flexibility index (Phi) is 8.80. The van der Waals surface area contributed by atoms with Crippen molar-refractivity contribution < 1.29 is 17.3 Å². The van der Waals surface area contributed by atoms with E-state index >= 15 is 0 Å². The monoisotopic (exact) mass is 368 g/mol. The summed E-state index contributed by atoms with van der Waals surface area (Å²) in [5.74, 6) is 0. The fourth-order valence-electron chi connectivity index (χ4n) is 4.83. The topological polar surface area (TPSA) is 0 Å². The molecular formula is C18H33BF4S. The Hall–Kier alpha value is 0.135. The number of hydrogen-bond acceptors (Lipinski definition) is 0. The summed E-state index contributed by atoms with van der Waals surface area (Å²) >= 11 is 0. The van der Waals surface area contributed by atoms with Crippen LogP contribution in [0.15, 0.2) is 0 Å². The molecule has 3 fully saturated rings. The Morgan fingerprint density at radius 3 is 0.875 bits per heavy atom. The molecule has 0 aliphatic heterocycles.